The first-order valence-electron chi connectivity index (χ1n) is 5.17. The van der Waals surface area contributed by atoms with E-state index in [0.717, 1.165) is 0 Å². The molecule has 1 aliphatic heterocycles. The maximum atomic E-state index is 11.4. The predicted molar refractivity (Wildman–Crippen MR) is 55.4 cm³/mol. The molecule has 16 heavy (non-hydrogen) atoms. The van der Waals surface area contributed by atoms with Crippen LogP contribution in [0.25, 0.3) is 0 Å². The summed E-state index contributed by atoms with van der Waals surface area (Å²) < 4.78 is 4.55. The Balaban J connectivity index is 2.36. The van der Waals surface area contributed by atoms with Crippen molar-refractivity contribution in [2.45, 2.75) is 25.8 Å². The first kappa shape index (κ1) is 12.5. The Morgan fingerprint density at radius 3 is 2.81 bits per heavy atom. The molecule has 1 heterocycles. The van der Waals surface area contributed by atoms with Crippen molar-refractivity contribution in [3.63, 3.8) is 0 Å². The Labute approximate surface area is 93.7 Å². The highest BCUT2D eigenvalue weighted by atomic mass is 16.5. The van der Waals surface area contributed by atoms with E-state index >= 15 is 0 Å². The van der Waals surface area contributed by atoms with Gasteiger partial charge in [-0.3, -0.25) is 9.59 Å². The Morgan fingerprint density at radius 1 is 1.56 bits per heavy atom. The number of hydrogen-bond acceptors (Lipinski definition) is 4. The lowest BCUT2D eigenvalue weighted by molar-refractivity contribution is -0.143. The lowest BCUT2D eigenvalue weighted by atomic mass is 10.0. The first-order chi connectivity index (χ1) is 7.54. The molecule has 0 spiro atoms. The van der Waals surface area contributed by atoms with Crippen LogP contribution in [0.2, 0.25) is 0 Å². The van der Waals surface area contributed by atoms with Crippen LogP contribution in [-0.4, -0.2) is 37.5 Å². The maximum absolute atomic E-state index is 11.4. The Morgan fingerprint density at radius 2 is 2.25 bits per heavy atom. The molecule has 1 saturated heterocycles. The second-order valence-electron chi connectivity index (χ2n) is 3.79. The Bertz CT molecular complexity index is 303. The minimum absolute atomic E-state index is 0.122. The molecule has 0 aromatic heterocycles. The van der Waals surface area contributed by atoms with Crippen LogP contribution in [0, 0.1) is 5.92 Å². The summed E-state index contributed by atoms with van der Waals surface area (Å²) in [5.74, 6) is -0.921. The van der Waals surface area contributed by atoms with Crippen LogP contribution in [0.4, 0.5) is 0 Å². The highest BCUT2D eigenvalue weighted by Crippen LogP contribution is 2.19. The third-order valence-corrected chi connectivity index (χ3v) is 2.56. The van der Waals surface area contributed by atoms with E-state index in [4.69, 9.17) is 0 Å². The first-order valence-corrected chi connectivity index (χ1v) is 5.17. The van der Waals surface area contributed by atoms with E-state index < -0.39 is 12.0 Å². The zero-order valence-corrected chi connectivity index (χ0v) is 9.41. The fraction of sp³-hybridized carbons (Fsp3) is 0.700. The van der Waals surface area contributed by atoms with E-state index in [1.165, 1.54) is 14.0 Å². The lowest BCUT2D eigenvalue weighted by Crippen LogP contribution is -2.34. The summed E-state index contributed by atoms with van der Waals surface area (Å²) in [4.78, 5) is 33.3. The summed E-state index contributed by atoms with van der Waals surface area (Å²) in [6, 6.07) is -0.542. The van der Waals surface area contributed by atoms with Crippen molar-refractivity contribution in [1.29, 1.82) is 0 Å². The largest absolute Gasteiger partial charge is 0.467 e. The summed E-state index contributed by atoms with van der Waals surface area (Å²) in [6.45, 7) is 1.87. The minimum atomic E-state index is -0.542. The van der Waals surface area contributed by atoms with Crippen molar-refractivity contribution in [1.82, 2.24) is 10.6 Å². The third kappa shape index (κ3) is 3.22. The van der Waals surface area contributed by atoms with Crippen LogP contribution < -0.4 is 10.6 Å². The predicted octanol–water partition coefficient (Wildman–Crippen LogP) is -0.810. The van der Waals surface area contributed by atoms with E-state index in [2.05, 4.69) is 15.4 Å². The number of ether oxygens (including phenoxy) is 1. The molecular formula is C10H16N2O4. The van der Waals surface area contributed by atoms with E-state index in [9.17, 15) is 14.4 Å². The van der Waals surface area contributed by atoms with E-state index in [1.54, 1.807) is 0 Å². The van der Waals surface area contributed by atoms with Gasteiger partial charge in [0.15, 0.2) is 0 Å². The molecule has 1 fully saturated rings. The molecule has 2 atom stereocenters. The highest BCUT2D eigenvalue weighted by Gasteiger charge is 2.36. The van der Waals surface area contributed by atoms with Gasteiger partial charge in [0.1, 0.15) is 6.04 Å². The van der Waals surface area contributed by atoms with Crippen LogP contribution in [0.1, 0.15) is 19.8 Å². The summed E-state index contributed by atoms with van der Waals surface area (Å²) >= 11 is 0. The number of carbonyl (C=O) groups excluding carboxylic acids is 3. The standard InChI is InChI=1S/C10H16N2O4/c1-6(13)11-4-3-7-5-8(10(15)16-2)12-9(7)14/h7-8H,3-5H2,1-2H3,(H,11,13)(H,12,14)/t7-,8-/m0/s1. The van der Waals surface area contributed by atoms with Gasteiger partial charge < -0.3 is 15.4 Å². The number of hydrogen-bond donors (Lipinski definition) is 2. The molecule has 1 rings (SSSR count). The second-order valence-corrected chi connectivity index (χ2v) is 3.79. The summed E-state index contributed by atoms with van der Waals surface area (Å²) in [5.41, 5.74) is 0. The SMILES string of the molecule is COC(=O)[C@@H]1C[C@H](CCNC(C)=O)C(=O)N1. The number of nitrogens with one attached hydrogen (secondary N) is 2. The van der Waals surface area contributed by atoms with Crippen LogP contribution in [0.5, 0.6) is 0 Å². The van der Waals surface area contributed by atoms with E-state index in [-0.39, 0.29) is 17.7 Å². The smallest absolute Gasteiger partial charge is 0.328 e. The number of methoxy groups -OCH3 is 1. The molecule has 0 unspecified atom stereocenters. The lowest BCUT2D eigenvalue weighted by Gasteiger charge is -2.07. The molecule has 0 aromatic carbocycles. The Hall–Kier alpha value is -1.59. The van der Waals surface area contributed by atoms with Gasteiger partial charge in [-0.2, -0.15) is 0 Å². The van der Waals surface area contributed by atoms with E-state index in [1.807, 2.05) is 0 Å². The summed E-state index contributed by atoms with van der Waals surface area (Å²) in [5, 5.41) is 5.18. The molecule has 2 amide bonds. The molecule has 0 aliphatic carbocycles. The van der Waals surface area contributed by atoms with Gasteiger partial charge in [-0.25, -0.2) is 4.79 Å². The second kappa shape index (κ2) is 5.48. The quantitative estimate of drug-likeness (QED) is 0.616. The van der Waals surface area contributed by atoms with Crippen LogP contribution in [0.15, 0.2) is 0 Å². The monoisotopic (exact) mass is 228 g/mol. The van der Waals surface area contributed by atoms with Crippen molar-refractivity contribution >= 4 is 17.8 Å². The number of carbonyl (C=O) groups is 3. The average molecular weight is 228 g/mol. The number of rotatable bonds is 4. The molecule has 0 radical (unpaired) electrons. The average Bonchev–Trinajstić information content (AvgIpc) is 2.59. The number of amides is 2. The van der Waals surface area contributed by atoms with Gasteiger partial charge in [0.05, 0.1) is 7.11 Å². The molecule has 0 saturated carbocycles. The minimum Gasteiger partial charge on any atom is -0.467 e. The maximum Gasteiger partial charge on any atom is 0.328 e. The van der Waals surface area contributed by atoms with Gasteiger partial charge in [0, 0.05) is 19.4 Å². The van der Waals surface area contributed by atoms with Gasteiger partial charge in [-0.05, 0) is 12.8 Å². The zero-order chi connectivity index (χ0) is 12.1. The molecule has 0 aromatic rings. The molecule has 6 heteroatoms. The Kier molecular flexibility index (Phi) is 4.28. The fourth-order valence-corrected chi connectivity index (χ4v) is 1.71. The normalized spacial score (nSPS) is 23.8. The molecular weight excluding hydrogens is 212 g/mol. The van der Waals surface area contributed by atoms with Crippen molar-refractivity contribution < 1.29 is 19.1 Å². The van der Waals surface area contributed by atoms with Crippen molar-refractivity contribution in [3.8, 4) is 0 Å². The van der Waals surface area contributed by atoms with Gasteiger partial charge in [-0.15, -0.1) is 0 Å². The van der Waals surface area contributed by atoms with Crippen LogP contribution in [0.3, 0.4) is 0 Å². The third-order valence-electron chi connectivity index (χ3n) is 2.56. The molecule has 2 N–H and O–H groups in total. The van der Waals surface area contributed by atoms with E-state index in [0.29, 0.717) is 19.4 Å². The van der Waals surface area contributed by atoms with Crippen LogP contribution in [-0.2, 0) is 19.1 Å². The molecule has 90 valence electrons. The zero-order valence-electron chi connectivity index (χ0n) is 9.41. The highest BCUT2D eigenvalue weighted by molar-refractivity contribution is 5.89. The number of esters is 1. The van der Waals surface area contributed by atoms with Gasteiger partial charge in [-0.1, -0.05) is 0 Å². The summed E-state index contributed by atoms with van der Waals surface area (Å²) in [7, 11) is 1.29. The van der Waals surface area contributed by atoms with Crippen molar-refractivity contribution in [3.05, 3.63) is 0 Å². The summed E-state index contributed by atoms with van der Waals surface area (Å²) in [6.07, 6.45) is 0.976. The van der Waals surface area contributed by atoms with Crippen molar-refractivity contribution in [2.24, 2.45) is 5.92 Å². The van der Waals surface area contributed by atoms with Gasteiger partial charge >= 0.3 is 5.97 Å². The molecule has 1 aliphatic rings. The molecule has 0 bridgehead atoms. The van der Waals surface area contributed by atoms with Gasteiger partial charge in [0.25, 0.3) is 0 Å². The topological polar surface area (TPSA) is 84.5 Å². The fourth-order valence-electron chi connectivity index (χ4n) is 1.71. The van der Waals surface area contributed by atoms with Crippen LogP contribution >= 0.6 is 0 Å². The van der Waals surface area contributed by atoms with Gasteiger partial charge in [0.2, 0.25) is 11.8 Å². The van der Waals surface area contributed by atoms with Crippen molar-refractivity contribution in [2.75, 3.05) is 13.7 Å². The molecule has 6 nitrogen and oxygen atoms in total.